The second-order valence-electron chi connectivity index (χ2n) is 2.83. The Labute approximate surface area is 141 Å². The summed E-state index contributed by atoms with van der Waals surface area (Å²) < 4.78 is 0. The lowest BCUT2D eigenvalue weighted by atomic mass is 10.5. The van der Waals surface area contributed by atoms with Crippen molar-refractivity contribution in [2.45, 2.75) is 0 Å². The molecule has 0 aliphatic heterocycles. The maximum absolute atomic E-state index is 5.32. The highest BCUT2D eigenvalue weighted by molar-refractivity contribution is 5.86. The van der Waals surface area contributed by atoms with Gasteiger partial charge in [-0.2, -0.15) is 0 Å². The fourth-order valence-corrected chi connectivity index (χ4v) is 0.933. The van der Waals surface area contributed by atoms with Gasteiger partial charge in [-0.1, -0.05) is 0 Å². The molecule has 120 valence electrons. The molecule has 0 spiro atoms. The first kappa shape index (κ1) is 36.5. The molecular formula is C8H28Cl5N5. The van der Waals surface area contributed by atoms with Crippen LogP contribution >= 0.6 is 62.0 Å². The van der Waals surface area contributed by atoms with Crippen LogP contribution in [0.15, 0.2) is 0 Å². The molecule has 0 aromatic heterocycles. The average molecular weight is 372 g/mol. The van der Waals surface area contributed by atoms with Gasteiger partial charge in [0.15, 0.2) is 0 Å². The third-order valence-electron chi connectivity index (χ3n) is 1.60. The van der Waals surface area contributed by atoms with Crippen molar-refractivity contribution in [3.05, 3.63) is 0 Å². The number of halogens is 5. The Hall–Kier alpha value is 1.25. The molecule has 0 aliphatic rings. The van der Waals surface area contributed by atoms with Crippen molar-refractivity contribution in [3.63, 3.8) is 0 Å². The van der Waals surface area contributed by atoms with Gasteiger partial charge in [0.1, 0.15) is 0 Å². The van der Waals surface area contributed by atoms with Gasteiger partial charge in [0.05, 0.1) is 0 Å². The summed E-state index contributed by atoms with van der Waals surface area (Å²) in [5, 5.41) is 9.71. The number of rotatable bonds is 10. The normalized spacial score (nSPS) is 7.67. The van der Waals surface area contributed by atoms with Gasteiger partial charge in [-0.25, -0.2) is 0 Å². The first-order chi connectivity index (χ1) is 6.41. The van der Waals surface area contributed by atoms with E-state index in [4.69, 9.17) is 11.5 Å². The minimum absolute atomic E-state index is 0. The summed E-state index contributed by atoms with van der Waals surface area (Å²) in [5.41, 5.74) is 10.6. The van der Waals surface area contributed by atoms with E-state index in [2.05, 4.69) is 16.0 Å². The first-order valence-corrected chi connectivity index (χ1v) is 4.94. The zero-order chi connectivity index (χ0) is 9.78. The van der Waals surface area contributed by atoms with Crippen LogP contribution in [-0.4, -0.2) is 52.4 Å². The zero-order valence-electron chi connectivity index (χ0n) is 10.4. The summed E-state index contributed by atoms with van der Waals surface area (Å²) in [6, 6.07) is 0. The van der Waals surface area contributed by atoms with Gasteiger partial charge in [-0.15, -0.1) is 62.0 Å². The maximum Gasteiger partial charge on any atom is 0.00772 e. The summed E-state index contributed by atoms with van der Waals surface area (Å²) in [4.78, 5) is 0. The average Bonchev–Trinajstić information content (AvgIpc) is 2.16. The molecule has 0 saturated heterocycles. The standard InChI is InChI=1S/C8H23N5.5ClH/c9-1-3-11-5-7-13-8-6-12-4-2-10;;;;;/h11-13H,1-10H2;5*1H. The first-order valence-electron chi connectivity index (χ1n) is 4.94. The van der Waals surface area contributed by atoms with Crippen LogP contribution in [0.5, 0.6) is 0 Å². The maximum atomic E-state index is 5.32. The van der Waals surface area contributed by atoms with E-state index in [0.717, 1.165) is 39.3 Å². The third kappa shape index (κ3) is 36.0. The highest BCUT2D eigenvalue weighted by Crippen LogP contribution is 1.60. The smallest absolute Gasteiger partial charge is 0.00772 e. The highest BCUT2D eigenvalue weighted by atomic mass is 35.5. The van der Waals surface area contributed by atoms with E-state index >= 15 is 0 Å². The third-order valence-corrected chi connectivity index (χ3v) is 1.60. The Balaban J connectivity index is -0.0000000720. The summed E-state index contributed by atoms with van der Waals surface area (Å²) >= 11 is 0. The predicted octanol–water partition coefficient (Wildman–Crippen LogP) is -0.218. The number of nitrogens with two attached hydrogens (primary N) is 2. The van der Waals surface area contributed by atoms with Crippen LogP contribution < -0.4 is 27.4 Å². The Morgan fingerprint density at radius 1 is 0.444 bits per heavy atom. The summed E-state index contributed by atoms with van der Waals surface area (Å²) in [6.07, 6.45) is 0. The van der Waals surface area contributed by atoms with Crippen LogP contribution in [-0.2, 0) is 0 Å². The Kier molecular flexibility index (Phi) is 73.4. The second kappa shape index (κ2) is 36.2. The van der Waals surface area contributed by atoms with Gasteiger partial charge in [0.2, 0.25) is 0 Å². The van der Waals surface area contributed by atoms with Crippen LogP contribution in [0, 0.1) is 0 Å². The molecule has 0 heterocycles. The molecule has 10 heteroatoms. The lowest BCUT2D eigenvalue weighted by molar-refractivity contribution is 0.586. The number of hydrogen-bond donors (Lipinski definition) is 5. The Morgan fingerprint density at radius 2 is 0.667 bits per heavy atom. The lowest BCUT2D eigenvalue weighted by Gasteiger charge is -2.06. The van der Waals surface area contributed by atoms with Crippen molar-refractivity contribution in [2.75, 3.05) is 52.4 Å². The molecule has 0 amide bonds. The van der Waals surface area contributed by atoms with Crippen molar-refractivity contribution in [3.8, 4) is 0 Å². The molecule has 0 fully saturated rings. The van der Waals surface area contributed by atoms with Crippen LogP contribution in [0.3, 0.4) is 0 Å². The van der Waals surface area contributed by atoms with Crippen molar-refractivity contribution >= 4 is 62.0 Å². The second-order valence-corrected chi connectivity index (χ2v) is 2.83. The van der Waals surface area contributed by atoms with E-state index in [1.807, 2.05) is 0 Å². The van der Waals surface area contributed by atoms with Crippen molar-refractivity contribution in [1.82, 2.24) is 16.0 Å². The van der Waals surface area contributed by atoms with E-state index in [9.17, 15) is 0 Å². The fraction of sp³-hybridized carbons (Fsp3) is 1.00. The predicted molar refractivity (Wildman–Crippen MR) is 93.0 cm³/mol. The van der Waals surface area contributed by atoms with Crippen molar-refractivity contribution in [2.24, 2.45) is 11.5 Å². The van der Waals surface area contributed by atoms with E-state index in [-0.39, 0.29) is 62.0 Å². The van der Waals surface area contributed by atoms with Gasteiger partial charge in [0, 0.05) is 52.4 Å². The molecule has 18 heavy (non-hydrogen) atoms. The Bertz CT molecular complexity index is 93.9. The van der Waals surface area contributed by atoms with Crippen LogP contribution in [0.1, 0.15) is 0 Å². The minimum atomic E-state index is 0. The van der Waals surface area contributed by atoms with E-state index in [0.29, 0.717) is 13.1 Å². The molecule has 7 N–H and O–H groups in total. The van der Waals surface area contributed by atoms with Crippen LogP contribution in [0.4, 0.5) is 0 Å². The van der Waals surface area contributed by atoms with Gasteiger partial charge in [-0.3, -0.25) is 0 Å². The Morgan fingerprint density at radius 3 is 0.889 bits per heavy atom. The fourth-order valence-electron chi connectivity index (χ4n) is 0.933. The van der Waals surface area contributed by atoms with Crippen LogP contribution in [0.2, 0.25) is 0 Å². The lowest BCUT2D eigenvalue weighted by Crippen LogP contribution is -2.35. The van der Waals surface area contributed by atoms with Gasteiger partial charge < -0.3 is 27.4 Å². The SMILES string of the molecule is Cl.Cl.Cl.Cl.Cl.NCCNCCNCCNCCN. The molecule has 5 nitrogen and oxygen atoms in total. The zero-order valence-corrected chi connectivity index (χ0v) is 14.4. The molecule has 0 unspecified atom stereocenters. The van der Waals surface area contributed by atoms with E-state index < -0.39 is 0 Å². The van der Waals surface area contributed by atoms with E-state index in [1.54, 1.807) is 0 Å². The number of nitrogens with one attached hydrogen (secondary N) is 3. The van der Waals surface area contributed by atoms with Crippen molar-refractivity contribution in [1.29, 1.82) is 0 Å². The topological polar surface area (TPSA) is 88.1 Å². The van der Waals surface area contributed by atoms with E-state index in [1.165, 1.54) is 0 Å². The van der Waals surface area contributed by atoms with Gasteiger partial charge in [0.25, 0.3) is 0 Å². The summed E-state index contributed by atoms with van der Waals surface area (Å²) in [7, 11) is 0. The van der Waals surface area contributed by atoms with Gasteiger partial charge in [-0.05, 0) is 0 Å². The summed E-state index contributed by atoms with van der Waals surface area (Å²) in [6.45, 7) is 7.15. The highest BCUT2D eigenvalue weighted by Gasteiger charge is 1.87. The molecule has 0 aromatic carbocycles. The molecule has 0 saturated carbocycles. The molecule has 0 aliphatic carbocycles. The molecule has 0 aromatic rings. The largest absolute Gasteiger partial charge is 0.329 e. The quantitative estimate of drug-likeness (QED) is 0.343. The monoisotopic (exact) mass is 369 g/mol. The molecule has 0 atom stereocenters. The van der Waals surface area contributed by atoms with Crippen molar-refractivity contribution < 1.29 is 0 Å². The molecule has 0 radical (unpaired) electrons. The van der Waals surface area contributed by atoms with Crippen LogP contribution in [0.25, 0.3) is 0 Å². The van der Waals surface area contributed by atoms with Gasteiger partial charge >= 0.3 is 0 Å². The molecule has 0 rings (SSSR count). The molecular weight excluding hydrogens is 343 g/mol. The molecule has 0 bridgehead atoms. The number of hydrogen-bond acceptors (Lipinski definition) is 5. The summed E-state index contributed by atoms with van der Waals surface area (Å²) in [5.74, 6) is 0. The minimum Gasteiger partial charge on any atom is -0.329 e.